The lowest BCUT2D eigenvalue weighted by Gasteiger charge is -2.28. The molecule has 0 spiro atoms. The second kappa shape index (κ2) is 8.65. The van der Waals surface area contributed by atoms with Crippen LogP contribution in [0.3, 0.4) is 0 Å². The molecule has 0 unspecified atom stereocenters. The molecule has 2 saturated carbocycles. The predicted octanol–water partition coefficient (Wildman–Crippen LogP) is 3.22. The molecule has 4 rings (SSSR count). The van der Waals surface area contributed by atoms with E-state index in [1.807, 2.05) is 13.8 Å². The Kier molecular flexibility index (Phi) is 6.27. The number of amides is 3. The summed E-state index contributed by atoms with van der Waals surface area (Å²) in [4.78, 5) is 51.7. The van der Waals surface area contributed by atoms with E-state index in [-0.39, 0.29) is 57.6 Å². The van der Waals surface area contributed by atoms with Crippen LogP contribution >= 0.6 is 31.9 Å². The van der Waals surface area contributed by atoms with Gasteiger partial charge in [0.05, 0.1) is 24.0 Å². The highest BCUT2D eigenvalue weighted by Crippen LogP contribution is 2.60. The second-order valence-electron chi connectivity index (χ2n) is 8.88. The number of carbonyl (C=O) groups excluding carboxylic acids is 4. The Hall–Kier alpha value is -1.74. The summed E-state index contributed by atoms with van der Waals surface area (Å²) in [5.41, 5.74) is 0.867. The molecule has 3 fully saturated rings. The van der Waals surface area contributed by atoms with Crippen LogP contribution in [0.2, 0.25) is 0 Å². The SMILES string of the molecule is CC(C)COC(=O)c1ccc(NC(=O)CN2C(=O)[C@@H]3[C@H]4C[C@@H]([C@H](Br)[C@H]4Br)[C@@H]3C2=O)cc1. The Balaban J connectivity index is 1.36. The Labute approximate surface area is 197 Å². The van der Waals surface area contributed by atoms with Crippen molar-refractivity contribution in [3.63, 3.8) is 0 Å². The minimum atomic E-state index is -0.449. The molecular weight excluding hydrogens is 532 g/mol. The molecule has 0 radical (unpaired) electrons. The molecule has 1 aliphatic heterocycles. The van der Waals surface area contributed by atoms with Crippen LogP contribution in [0, 0.1) is 29.6 Å². The van der Waals surface area contributed by atoms with Gasteiger partial charge in [-0.2, -0.15) is 0 Å². The number of hydrogen-bond donors (Lipinski definition) is 1. The number of halogens is 2. The summed E-state index contributed by atoms with van der Waals surface area (Å²) in [6, 6.07) is 6.33. The minimum absolute atomic E-state index is 0.117. The van der Waals surface area contributed by atoms with Crippen LogP contribution in [0.4, 0.5) is 5.69 Å². The van der Waals surface area contributed by atoms with Crippen molar-refractivity contribution < 1.29 is 23.9 Å². The van der Waals surface area contributed by atoms with E-state index >= 15 is 0 Å². The maximum Gasteiger partial charge on any atom is 0.338 e. The molecule has 1 saturated heterocycles. The Morgan fingerprint density at radius 3 is 2.13 bits per heavy atom. The third-order valence-electron chi connectivity index (χ3n) is 6.33. The van der Waals surface area contributed by atoms with Gasteiger partial charge in [0.1, 0.15) is 6.54 Å². The van der Waals surface area contributed by atoms with E-state index < -0.39 is 11.9 Å². The van der Waals surface area contributed by atoms with E-state index in [4.69, 9.17) is 4.74 Å². The molecule has 166 valence electrons. The van der Waals surface area contributed by atoms with Crippen molar-refractivity contribution >= 4 is 61.2 Å². The van der Waals surface area contributed by atoms with Crippen molar-refractivity contribution in [3.05, 3.63) is 29.8 Å². The van der Waals surface area contributed by atoms with Gasteiger partial charge in [0.2, 0.25) is 17.7 Å². The maximum atomic E-state index is 12.9. The first-order valence-electron chi connectivity index (χ1n) is 10.4. The monoisotopic (exact) mass is 554 g/mol. The summed E-state index contributed by atoms with van der Waals surface area (Å²) < 4.78 is 5.18. The number of anilines is 1. The number of esters is 1. The molecule has 2 aliphatic carbocycles. The maximum absolute atomic E-state index is 12.9. The van der Waals surface area contributed by atoms with Gasteiger partial charge in [0.15, 0.2) is 0 Å². The van der Waals surface area contributed by atoms with Crippen LogP contribution in [-0.2, 0) is 19.1 Å². The normalized spacial score (nSPS) is 31.3. The number of imide groups is 1. The Morgan fingerprint density at radius 1 is 1.06 bits per heavy atom. The molecule has 9 heteroatoms. The van der Waals surface area contributed by atoms with E-state index in [9.17, 15) is 19.2 Å². The second-order valence-corrected chi connectivity index (χ2v) is 11.0. The van der Waals surface area contributed by atoms with Gasteiger partial charge >= 0.3 is 5.97 Å². The highest BCUT2D eigenvalue weighted by Gasteiger charge is 2.66. The molecule has 1 N–H and O–H groups in total. The van der Waals surface area contributed by atoms with E-state index in [1.54, 1.807) is 24.3 Å². The van der Waals surface area contributed by atoms with Crippen molar-refractivity contribution in [2.24, 2.45) is 29.6 Å². The van der Waals surface area contributed by atoms with Crippen LogP contribution in [0.25, 0.3) is 0 Å². The van der Waals surface area contributed by atoms with Gasteiger partial charge in [-0.25, -0.2) is 4.79 Å². The molecule has 3 amide bonds. The zero-order valence-electron chi connectivity index (χ0n) is 17.2. The number of nitrogens with one attached hydrogen (secondary N) is 1. The lowest BCUT2D eigenvalue weighted by molar-refractivity contribution is -0.143. The summed E-state index contributed by atoms with van der Waals surface area (Å²) in [6.07, 6.45) is 0.852. The van der Waals surface area contributed by atoms with Gasteiger partial charge in [-0.1, -0.05) is 45.7 Å². The zero-order valence-corrected chi connectivity index (χ0v) is 20.4. The average molecular weight is 556 g/mol. The number of carbonyl (C=O) groups is 4. The molecule has 1 aromatic carbocycles. The first-order chi connectivity index (χ1) is 14.7. The van der Waals surface area contributed by atoms with Gasteiger partial charge < -0.3 is 10.1 Å². The number of likely N-dealkylation sites (tertiary alicyclic amines) is 1. The third kappa shape index (κ3) is 4.06. The van der Waals surface area contributed by atoms with E-state index in [0.29, 0.717) is 17.9 Å². The van der Waals surface area contributed by atoms with Gasteiger partial charge in [-0.15, -0.1) is 0 Å². The number of benzene rings is 1. The lowest BCUT2D eigenvalue weighted by Crippen LogP contribution is -2.39. The summed E-state index contributed by atoms with van der Waals surface area (Å²) in [5, 5.41) is 2.69. The average Bonchev–Trinajstić information content (AvgIpc) is 3.33. The van der Waals surface area contributed by atoms with Crippen molar-refractivity contribution in [2.75, 3.05) is 18.5 Å². The largest absolute Gasteiger partial charge is 0.462 e. The van der Waals surface area contributed by atoms with Gasteiger partial charge in [-0.3, -0.25) is 19.3 Å². The van der Waals surface area contributed by atoms with E-state index in [1.165, 1.54) is 0 Å². The van der Waals surface area contributed by atoms with Crippen LogP contribution in [0.1, 0.15) is 30.6 Å². The highest BCUT2D eigenvalue weighted by atomic mass is 79.9. The molecular formula is C22H24Br2N2O5. The third-order valence-corrected chi connectivity index (χ3v) is 9.54. The summed E-state index contributed by atoms with van der Waals surface area (Å²) in [7, 11) is 0. The lowest BCUT2D eigenvalue weighted by atomic mass is 9.81. The molecule has 1 aromatic rings. The van der Waals surface area contributed by atoms with Gasteiger partial charge in [0.25, 0.3) is 0 Å². The van der Waals surface area contributed by atoms with Crippen molar-refractivity contribution in [2.45, 2.75) is 29.9 Å². The highest BCUT2D eigenvalue weighted by molar-refractivity contribution is 9.12. The standard InChI is InChI=1S/C22H24Br2N2O5/c1-10(2)9-31-22(30)11-3-5-12(6-4-11)25-15(27)8-26-20(28)16-13-7-14(17(16)21(26)29)19(24)18(13)23/h3-6,10,13-14,16-19H,7-9H2,1-2H3,(H,25,27)/t13-,14-,16-,17+,18+,19+/m1/s1. The van der Waals surface area contributed by atoms with E-state index in [0.717, 1.165) is 11.3 Å². The number of alkyl halides is 2. The number of rotatable bonds is 6. The minimum Gasteiger partial charge on any atom is -0.462 e. The zero-order chi connectivity index (χ0) is 22.4. The number of fused-ring (bicyclic) bond motifs is 5. The molecule has 1 heterocycles. The van der Waals surface area contributed by atoms with Gasteiger partial charge in [0, 0.05) is 15.3 Å². The molecule has 2 bridgehead atoms. The summed E-state index contributed by atoms with van der Waals surface area (Å²) in [6.45, 7) is 3.94. The first kappa shape index (κ1) is 22.5. The van der Waals surface area contributed by atoms with Crippen molar-refractivity contribution in [1.82, 2.24) is 4.90 Å². The summed E-state index contributed by atoms with van der Waals surface area (Å²) in [5.74, 6) is -1.55. The van der Waals surface area contributed by atoms with Crippen molar-refractivity contribution in [1.29, 1.82) is 0 Å². The van der Waals surface area contributed by atoms with Gasteiger partial charge in [-0.05, 0) is 48.4 Å². The fraction of sp³-hybridized carbons (Fsp3) is 0.545. The topological polar surface area (TPSA) is 92.8 Å². The molecule has 7 nitrogen and oxygen atoms in total. The number of nitrogens with zero attached hydrogens (tertiary/aromatic N) is 1. The van der Waals surface area contributed by atoms with Crippen LogP contribution < -0.4 is 5.32 Å². The molecule has 31 heavy (non-hydrogen) atoms. The predicted molar refractivity (Wildman–Crippen MR) is 121 cm³/mol. The number of hydrogen-bond acceptors (Lipinski definition) is 5. The number of ether oxygens (including phenoxy) is 1. The fourth-order valence-electron chi connectivity index (χ4n) is 4.93. The van der Waals surface area contributed by atoms with Crippen LogP contribution in [-0.4, -0.2) is 51.4 Å². The Morgan fingerprint density at radius 2 is 1.61 bits per heavy atom. The van der Waals surface area contributed by atoms with Crippen LogP contribution in [0.15, 0.2) is 24.3 Å². The smallest absolute Gasteiger partial charge is 0.338 e. The molecule has 6 atom stereocenters. The quantitative estimate of drug-likeness (QED) is 0.330. The fourth-order valence-corrected chi connectivity index (χ4v) is 6.80. The summed E-state index contributed by atoms with van der Waals surface area (Å²) >= 11 is 7.30. The molecule has 3 aliphatic rings. The van der Waals surface area contributed by atoms with Crippen molar-refractivity contribution in [3.8, 4) is 0 Å². The first-order valence-corrected chi connectivity index (χ1v) is 12.2. The Bertz CT molecular complexity index is 887. The van der Waals surface area contributed by atoms with E-state index in [2.05, 4.69) is 37.2 Å². The molecule has 0 aromatic heterocycles. The van der Waals surface area contributed by atoms with Crippen LogP contribution in [0.5, 0.6) is 0 Å².